The lowest BCUT2D eigenvalue weighted by molar-refractivity contribution is -0.115. The van der Waals surface area contributed by atoms with Crippen molar-refractivity contribution in [3.05, 3.63) is 16.0 Å². The van der Waals surface area contributed by atoms with Gasteiger partial charge in [-0.05, 0) is 5.18 Å². The van der Waals surface area contributed by atoms with Crippen LogP contribution in [0.3, 0.4) is 0 Å². The van der Waals surface area contributed by atoms with Crippen molar-refractivity contribution < 1.29 is 5.41 Å². The molecule has 4 N–H and O–H groups in total. The van der Waals surface area contributed by atoms with Crippen LogP contribution in [0.5, 0.6) is 0 Å². The lowest BCUT2D eigenvalue weighted by Gasteiger charge is -1.69. The van der Waals surface area contributed by atoms with Crippen molar-refractivity contribution in [3.63, 3.8) is 0 Å². The first-order chi connectivity index (χ1) is 5.08. The van der Waals surface area contributed by atoms with Gasteiger partial charge in [-0.15, -0.1) is 4.91 Å². The van der Waals surface area contributed by atoms with Crippen LogP contribution in [0.2, 0.25) is 0 Å². The summed E-state index contributed by atoms with van der Waals surface area (Å²) in [7, 11) is 0. The van der Waals surface area contributed by atoms with Crippen molar-refractivity contribution in [3.8, 4) is 6.07 Å². The smallest absolute Gasteiger partial charge is 0.235 e. The van der Waals surface area contributed by atoms with Crippen LogP contribution in [0.15, 0.2) is 10.9 Å². The molecule has 0 fully saturated rings. The summed E-state index contributed by atoms with van der Waals surface area (Å²) in [4.78, 5) is 9.24. The summed E-state index contributed by atoms with van der Waals surface area (Å²) in [6.45, 7) is 1.64. The zero-order valence-electron chi connectivity index (χ0n) is 5.90. The number of hydrogen-bond acceptors (Lipinski definition) is 3. The normalized spacial score (nSPS) is 5.82. The van der Waals surface area contributed by atoms with E-state index in [0.717, 1.165) is 0 Å². The molecule has 11 heavy (non-hydrogen) atoms. The highest BCUT2D eigenvalue weighted by molar-refractivity contribution is 5.70. The Labute approximate surface area is 63.3 Å². The molecule has 0 aromatic rings. The molecule has 0 amide bonds. The van der Waals surface area contributed by atoms with Gasteiger partial charge in [-0.3, -0.25) is 11.1 Å². The van der Waals surface area contributed by atoms with Crippen LogP contribution in [0, 0.1) is 16.2 Å². The van der Waals surface area contributed by atoms with Crippen LogP contribution >= 0.6 is 0 Å². The van der Waals surface area contributed by atoms with Crippen molar-refractivity contribution in [1.82, 2.24) is 0 Å². The van der Waals surface area contributed by atoms with Gasteiger partial charge in [0.25, 0.3) is 0 Å². The van der Waals surface area contributed by atoms with Crippen LogP contribution < -0.4 is 11.1 Å². The SMILES string of the molecule is CC(N)=[NH2+].N#CC(=C=[N-])N=O. The number of nitrogens with two attached hydrogens (primary N) is 2. The maximum atomic E-state index is 9.24. The predicted octanol–water partition coefficient (Wildman–Crippen LogP) is -1.48. The van der Waals surface area contributed by atoms with Gasteiger partial charge in [-0.1, -0.05) is 0 Å². The van der Waals surface area contributed by atoms with E-state index < -0.39 is 5.70 Å². The van der Waals surface area contributed by atoms with Gasteiger partial charge in [0.05, 0.1) is 0 Å². The number of nitriles is 1. The molecule has 0 saturated carbocycles. The van der Waals surface area contributed by atoms with E-state index in [4.69, 9.17) is 21.8 Å². The molecule has 0 rings (SSSR count). The van der Waals surface area contributed by atoms with Crippen molar-refractivity contribution in [1.29, 1.82) is 5.26 Å². The topological polar surface area (TPSA) is 127 Å². The van der Waals surface area contributed by atoms with Crippen molar-refractivity contribution in [2.75, 3.05) is 0 Å². The molecule has 0 aromatic carbocycles. The van der Waals surface area contributed by atoms with Gasteiger partial charge in [-0.2, -0.15) is 5.26 Å². The minimum Gasteiger partial charge on any atom is -0.761 e. The van der Waals surface area contributed by atoms with Gasteiger partial charge in [-0.25, -0.2) is 5.87 Å². The van der Waals surface area contributed by atoms with Crippen LogP contribution in [0.25, 0.3) is 5.41 Å². The summed E-state index contributed by atoms with van der Waals surface area (Å²) in [6.07, 6.45) is 0. The summed E-state index contributed by atoms with van der Waals surface area (Å²) in [5, 5.41) is 22.3. The minimum atomic E-state index is -0.639. The summed E-state index contributed by atoms with van der Waals surface area (Å²) in [5.74, 6) is 1.69. The Kier molecular flexibility index (Phi) is 8.57. The Morgan fingerprint density at radius 3 is 2.18 bits per heavy atom. The Balaban J connectivity index is 0. The Bertz CT molecular complexity index is 228. The highest BCUT2D eigenvalue weighted by Gasteiger charge is 1.80. The fourth-order valence-electron chi connectivity index (χ4n) is 0.0658. The monoisotopic (exact) mass is 153 g/mol. The van der Waals surface area contributed by atoms with Gasteiger partial charge in [0, 0.05) is 6.92 Å². The van der Waals surface area contributed by atoms with E-state index in [9.17, 15) is 4.91 Å². The second-order valence-electron chi connectivity index (χ2n) is 1.41. The Morgan fingerprint density at radius 2 is 2.18 bits per heavy atom. The molecular formula is C5H7N5O. The number of amidine groups is 1. The van der Waals surface area contributed by atoms with Gasteiger partial charge < -0.3 is 5.41 Å². The Hall–Kier alpha value is -1.99. The first-order valence-electron chi connectivity index (χ1n) is 2.43. The van der Waals surface area contributed by atoms with Gasteiger partial charge in [0.15, 0.2) is 0 Å². The molecule has 0 spiro atoms. The summed E-state index contributed by atoms with van der Waals surface area (Å²) < 4.78 is 0. The lowest BCUT2D eigenvalue weighted by atomic mass is 10.6. The molecule has 0 atom stereocenters. The van der Waals surface area contributed by atoms with Crippen LogP contribution in [-0.4, -0.2) is 11.7 Å². The molecule has 0 aliphatic heterocycles. The number of hydrogen-bond donors (Lipinski definition) is 2. The average Bonchev–Trinajstić information content (AvgIpc) is 1.90. The van der Waals surface area contributed by atoms with Crippen LogP contribution in [0.4, 0.5) is 0 Å². The molecule has 58 valence electrons. The van der Waals surface area contributed by atoms with Crippen LogP contribution in [-0.2, 0) is 0 Å². The van der Waals surface area contributed by atoms with E-state index in [-0.39, 0.29) is 0 Å². The molecule has 0 aliphatic carbocycles. The quantitative estimate of drug-likeness (QED) is 0.206. The summed E-state index contributed by atoms with van der Waals surface area (Å²) >= 11 is 0. The lowest BCUT2D eigenvalue weighted by Crippen LogP contribution is -2.43. The largest absolute Gasteiger partial charge is 0.761 e. The molecule has 0 saturated heterocycles. The molecule has 6 heteroatoms. The Morgan fingerprint density at radius 1 is 1.82 bits per heavy atom. The van der Waals surface area contributed by atoms with E-state index in [0.29, 0.717) is 5.84 Å². The molecule has 0 radical (unpaired) electrons. The van der Waals surface area contributed by atoms with Crippen molar-refractivity contribution >= 4 is 11.7 Å². The molecule has 0 aliphatic rings. The van der Waals surface area contributed by atoms with E-state index in [1.807, 2.05) is 0 Å². The second-order valence-corrected chi connectivity index (χ2v) is 1.41. The zero-order chi connectivity index (χ0) is 9.28. The number of rotatable bonds is 1. The molecule has 6 nitrogen and oxygen atoms in total. The predicted molar refractivity (Wildman–Crippen MR) is 40.1 cm³/mol. The number of nitrogens with zero attached hydrogens (tertiary/aromatic N) is 3. The van der Waals surface area contributed by atoms with E-state index in [1.54, 1.807) is 6.92 Å². The molecule has 0 unspecified atom stereocenters. The second kappa shape index (κ2) is 8.01. The molecule has 0 bridgehead atoms. The average molecular weight is 153 g/mol. The highest BCUT2D eigenvalue weighted by atomic mass is 16.3. The molecule has 0 aromatic heterocycles. The third-order valence-corrected chi connectivity index (χ3v) is 0.303. The van der Waals surface area contributed by atoms with E-state index >= 15 is 0 Å². The van der Waals surface area contributed by atoms with Gasteiger partial charge >= 0.3 is 0 Å². The van der Waals surface area contributed by atoms with E-state index in [2.05, 4.69) is 5.18 Å². The fourth-order valence-corrected chi connectivity index (χ4v) is 0.0658. The first-order valence-corrected chi connectivity index (χ1v) is 2.43. The standard InChI is InChI=1S/C3N3O.C2H6N2/c4-1-3(2-5)6-7;1-2(3)4/h;1H3,(H3,3,4)/q-1;/p+1. The summed E-state index contributed by atoms with van der Waals surface area (Å²) in [5.41, 5.74) is 4.17. The maximum Gasteiger partial charge on any atom is 0.235 e. The fraction of sp³-hybridized carbons (Fsp3) is 0.200. The molecular weight excluding hydrogens is 146 g/mol. The van der Waals surface area contributed by atoms with Crippen molar-refractivity contribution in [2.45, 2.75) is 6.92 Å². The zero-order valence-corrected chi connectivity index (χ0v) is 5.90. The number of nitroso groups, excluding NO2 is 1. The third kappa shape index (κ3) is 18.0. The minimum absolute atomic E-state index is 0.417. The first kappa shape index (κ1) is 11.8. The third-order valence-electron chi connectivity index (χ3n) is 0.303. The van der Waals surface area contributed by atoms with Gasteiger partial charge in [0.2, 0.25) is 11.5 Å². The van der Waals surface area contributed by atoms with Crippen molar-refractivity contribution in [2.24, 2.45) is 10.9 Å². The summed E-state index contributed by atoms with van der Waals surface area (Å²) in [6, 6.07) is 1.28. The van der Waals surface area contributed by atoms with E-state index in [1.165, 1.54) is 11.9 Å². The number of allylic oxidation sites excluding steroid dienone is 1. The molecule has 0 heterocycles. The van der Waals surface area contributed by atoms with Crippen LogP contribution in [0.1, 0.15) is 6.92 Å². The highest BCUT2D eigenvalue weighted by Crippen LogP contribution is 1.81. The maximum absolute atomic E-state index is 9.24. The van der Waals surface area contributed by atoms with Gasteiger partial charge in [0.1, 0.15) is 6.07 Å².